The fourth-order valence-electron chi connectivity index (χ4n) is 3.10. The number of hydrogen-bond donors (Lipinski definition) is 1. The van der Waals surface area contributed by atoms with Crippen molar-refractivity contribution in [2.24, 2.45) is 5.92 Å². The first-order valence-electron chi connectivity index (χ1n) is 7.98. The van der Waals surface area contributed by atoms with Crippen LogP contribution in [-0.2, 0) is 10.0 Å². The molecule has 20 heavy (non-hydrogen) atoms. The number of allylic oxidation sites excluding steroid dienone is 2. The maximum atomic E-state index is 12.0. The van der Waals surface area contributed by atoms with E-state index in [0.717, 1.165) is 25.3 Å². The Bertz CT molecular complexity index is 412. The number of hydrogen-bond acceptors (Lipinski definition) is 3. The second kappa shape index (κ2) is 7.57. The second-order valence-electron chi connectivity index (χ2n) is 6.05. The van der Waals surface area contributed by atoms with E-state index in [1.807, 2.05) is 6.92 Å². The Balaban J connectivity index is 1.70. The zero-order chi connectivity index (χ0) is 14.4. The van der Waals surface area contributed by atoms with Crippen LogP contribution in [0.1, 0.15) is 45.4 Å². The lowest BCUT2D eigenvalue weighted by Crippen LogP contribution is -2.46. The first kappa shape index (κ1) is 16.0. The molecule has 0 aromatic carbocycles. The lowest BCUT2D eigenvalue weighted by atomic mass is 9.94. The van der Waals surface area contributed by atoms with E-state index in [4.69, 9.17) is 0 Å². The number of piperidine rings is 1. The van der Waals surface area contributed by atoms with Crippen molar-refractivity contribution in [1.29, 1.82) is 0 Å². The average Bonchev–Trinajstić information content (AvgIpc) is 2.47. The van der Waals surface area contributed by atoms with E-state index >= 15 is 0 Å². The van der Waals surface area contributed by atoms with E-state index in [9.17, 15) is 8.42 Å². The maximum Gasteiger partial charge on any atom is 0.214 e. The molecule has 2 rings (SSSR count). The highest BCUT2D eigenvalue weighted by molar-refractivity contribution is 7.89. The molecule has 116 valence electrons. The molecule has 5 heteroatoms. The van der Waals surface area contributed by atoms with Crippen molar-refractivity contribution < 1.29 is 8.42 Å². The molecule has 1 aliphatic carbocycles. The molecule has 1 saturated heterocycles. The van der Waals surface area contributed by atoms with Gasteiger partial charge < -0.3 is 5.32 Å². The second-order valence-corrected chi connectivity index (χ2v) is 8.14. The number of sulfonamides is 1. The molecule has 2 aliphatic rings. The summed E-state index contributed by atoms with van der Waals surface area (Å²) >= 11 is 0. The van der Waals surface area contributed by atoms with Crippen LogP contribution in [0.4, 0.5) is 0 Å². The quantitative estimate of drug-likeness (QED) is 0.765. The van der Waals surface area contributed by atoms with Crippen LogP contribution < -0.4 is 5.32 Å². The van der Waals surface area contributed by atoms with Crippen LogP contribution in [0.5, 0.6) is 0 Å². The van der Waals surface area contributed by atoms with Crippen molar-refractivity contribution in [2.45, 2.75) is 51.5 Å². The van der Waals surface area contributed by atoms with E-state index in [-0.39, 0.29) is 0 Å². The van der Waals surface area contributed by atoms with E-state index < -0.39 is 10.0 Å². The van der Waals surface area contributed by atoms with Crippen molar-refractivity contribution in [3.63, 3.8) is 0 Å². The van der Waals surface area contributed by atoms with Gasteiger partial charge in [-0.3, -0.25) is 0 Å². The Labute approximate surface area is 123 Å². The Kier molecular flexibility index (Phi) is 6.05. The molecule has 0 bridgehead atoms. The van der Waals surface area contributed by atoms with Gasteiger partial charge in [0.2, 0.25) is 10.0 Å². The van der Waals surface area contributed by atoms with Crippen LogP contribution in [0.25, 0.3) is 0 Å². The van der Waals surface area contributed by atoms with Crippen molar-refractivity contribution in [3.8, 4) is 0 Å². The van der Waals surface area contributed by atoms with E-state index in [1.54, 1.807) is 4.31 Å². The normalized spacial score (nSPS) is 25.9. The van der Waals surface area contributed by atoms with Crippen LogP contribution in [0.2, 0.25) is 0 Å². The van der Waals surface area contributed by atoms with Crippen molar-refractivity contribution in [2.75, 3.05) is 25.4 Å². The summed E-state index contributed by atoms with van der Waals surface area (Å²) in [4.78, 5) is 0. The topological polar surface area (TPSA) is 49.4 Å². The molecule has 1 atom stereocenters. The molecule has 0 aromatic heterocycles. The predicted molar refractivity (Wildman–Crippen MR) is 83.2 cm³/mol. The van der Waals surface area contributed by atoms with Gasteiger partial charge in [0.05, 0.1) is 5.75 Å². The number of nitrogens with zero attached hydrogens (tertiary/aromatic N) is 1. The largest absolute Gasteiger partial charge is 0.314 e. The Morgan fingerprint density at radius 2 is 1.95 bits per heavy atom. The monoisotopic (exact) mass is 300 g/mol. The van der Waals surface area contributed by atoms with Gasteiger partial charge in [-0.05, 0) is 51.0 Å². The van der Waals surface area contributed by atoms with Gasteiger partial charge >= 0.3 is 0 Å². The standard InChI is InChI=1S/C15H28N2O2S/c1-2-12-20(18,19)17-10-8-15(9-11-17)16-13-14-6-4-3-5-7-14/h3-4,14-16H,2,5-13H2,1H3. The van der Waals surface area contributed by atoms with Crippen LogP contribution >= 0.6 is 0 Å². The summed E-state index contributed by atoms with van der Waals surface area (Å²) in [6.45, 7) is 4.37. The van der Waals surface area contributed by atoms with Gasteiger partial charge in [0.15, 0.2) is 0 Å². The molecule has 1 unspecified atom stereocenters. The molecule has 1 aliphatic heterocycles. The van der Waals surface area contributed by atoms with Gasteiger partial charge in [0.1, 0.15) is 0 Å². The molecule has 0 amide bonds. The molecule has 4 nitrogen and oxygen atoms in total. The number of rotatable bonds is 6. The molecular weight excluding hydrogens is 272 g/mol. The van der Waals surface area contributed by atoms with Gasteiger partial charge in [0.25, 0.3) is 0 Å². The van der Waals surface area contributed by atoms with Gasteiger partial charge in [0, 0.05) is 19.1 Å². The molecule has 1 fully saturated rings. The first-order chi connectivity index (χ1) is 9.62. The third-order valence-electron chi connectivity index (χ3n) is 4.38. The molecule has 0 spiro atoms. The summed E-state index contributed by atoms with van der Waals surface area (Å²) in [6, 6.07) is 0.494. The Morgan fingerprint density at radius 3 is 2.55 bits per heavy atom. The van der Waals surface area contributed by atoms with Gasteiger partial charge in [-0.25, -0.2) is 12.7 Å². The van der Waals surface area contributed by atoms with E-state index in [2.05, 4.69) is 17.5 Å². The summed E-state index contributed by atoms with van der Waals surface area (Å²) < 4.78 is 25.7. The van der Waals surface area contributed by atoms with Crippen LogP contribution in [0.15, 0.2) is 12.2 Å². The molecule has 1 N–H and O–H groups in total. The third-order valence-corrected chi connectivity index (χ3v) is 6.46. The Hall–Kier alpha value is -0.390. The molecule has 0 radical (unpaired) electrons. The molecule has 1 heterocycles. The van der Waals surface area contributed by atoms with Crippen molar-refractivity contribution in [1.82, 2.24) is 9.62 Å². The van der Waals surface area contributed by atoms with Crippen LogP contribution in [0.3, 0.4) is 0 Å². The molecule has 0 aromatic rings. The summed E-state index contributed by atoms with van der Waals surface area (Å²) in [5.41, 5.74) is 0. The fraction of sp³-hybridized carbons (Fsp3) is 0.867. The summed E-state index contributed by atoms with van der Waals surface area (Å²) in [5.74, 6) is 1.06. The van der Waals surface area contributed by atoms with Crippen molar-refractivity contribution in [3.05, 3.63) is 12.2 Å². The minimum absolute atomic E-state index is 0.291. The average molecular weight is 300 g/mol. The summed E-state index contributed by atoms with van der Waals surface area (Å²) in [6.07, 6.45) is 10.8. The highest BCUT2D eigenvalue weighted by Gasteiger charge is 2.27. The lowest BCUT2D eigenvalue weighted by Gasteiger charge is -2.32. The summed E-state index contributed by atoms with van der Waals surface area (Å²) in [7, 11) is -3.00. The van der Waals surface area contributed by atoms with Gasteiger partial charge in [-0.15, -0.1) is 0 Å². The first-order valence-corrected chi connectivity index (χ1v) is 9.59. The predicted octanol–water partition coefficient (Wildman–Crippen LogP) is 2.14. The highest BCUT2D eigenvalue weighted by Crippen LogP contribution is 2.19. The molecular formula is C15H28N2O2S. The zero-order valence-corrected chi connectivity index (χ0v) is 13.4. The SMILES string of the molecule is CCCS(=O)(=O)N1CCC(NCC2CC=CCC2)CC1. The zero-order valence-electron chi connectivity index (χ0n) is 12.6. The smallest absolute Gasteiger partial charge is 0.214 e. The number of nitrogens with one attached hydrogen (secondary N) is 1. The maximum absolute atomic E-state index is 12.0. The van der Waals surface area contributed by atoms with Gasteiger partial charge in [-0.2, -0.15) is 0 Å². The minimum Gasteiger partial charge on any atom is -0.314 e. The van der Waals surface area contributed by atoms with Crippen molar-refractivity contribution >= 4 is 10.0 Å². The third kappa shape index (κ3) is 4.57. The fourth-order valence-corrected chi connectivity index (χ4v) is 4.64. The van der Waals surface area contributed by atoms with Gasteiger partial charge in [-0.1, -0.05) is 19.1 Å². The molecule has 0 saturated carbocycles. The van der Waals surface area contributed by atoms with E-state index in [0.29, 0.717) is 31.3 Å². The minimum atomic E-state index is -3.00. The van der Waals surface area contributed by atoms with E-state index in [1.165, 1.54) is 19.3 Å². The Morgan fingerprint density at radius 1 is 1.20 bits per heavy atom. The van der Waals surface area contributed by atoms with Crippen LogP contribution in [-0.4, -0.2) is 44.2 Å². The highest BCUT2D eigenvalue weighted by atomic mass is 32.2. The van der Waals surface area contributed by atoms with Crippen LogP contribution in [0, 0.1) is 5.92 Å². The lowest BCUT2D eigenvalue weighted by molar-refractivity contribution is 0.277. The summed E-state index contributed by atoms with van der Waals surface area (Å²) in [5, 5.41) is 3.64.